The predicted octanol–water partition coefficient (Wildman–Crippen LogP) is 2.98. The summed E-state index contributed by atoms with van der Waals surface area (Å²) in [7, 11) is -2.19. The summed E-state index contributed by atoms with van der Waals surface area (Å²) in [5.74, 6) is 0.424. The first-order valence-corrected chi connectivity index (χ1v) is 8.51. The van der Waals surface area contributed by atoms with Crippen LogP contribution in [-0.2, 0) is 16.6 Å². The highest BCUT2D eigenvalue weighted by Crippen LogP contribution is 2.25. The number of hydrogen-bond acceptors (Lipinski definition) is 4. The molecule has 112 valence electrons. The molecular weight excluding hydrogens is 380 g/mol. The molecule has 0 saturated heterocycles. The van der Waals surface area contributed by atoms with E-state index < -0.39 is 10.0 Å². The molecule has 0 unspecified atom stereocenters. The van der Waals surface area contributed by atoms with Gasteiger partial charge in [-0.3, -0.25) is 0 Å². The zero-order chi connectivity index (χ0) is 15.5. The van der Waals surface area contributed by atoms with Crippen molar-refractivity contribution in [2.75, 3.05) is 7.11 Å². The average molecular weight is 392 g/mol. The Morgan fingerprint density at radius 3 is 2.76 bits per heavy atom. The number of ether oxygens (including phenoxy) is 1. The van der Waals surface area contributed by atoms with E-state index in [0.29, 0.717) is 10.4 Å². The van der Waals surface area contributed by atoms with Crippen molar-refractivity contribution < 1.29 is 13.2 Å². The van der Waals surface area contributed by atoms with Crippen molar-refractivity contribution in [1.29, 1.82) is 0 Å². The fourth-order valence-corrected chi connectivity index (χ4v) is 3.67. The summed E-state index contributed by atoms with van der Waals surface area (Å²) in [6.07, 6.45) is 1.55. The van der Waals surface area contributed by atoms with Gasteiger partial charge in [-0.05, 0) is 29.8 Å². The first-order valence-electron chi connectivity index (χ1n) is 5.86. The van der Waals surface area contributed by atoms with Gasteiger partial charge in [-0.2, -0.15) is 0 Å². The number of sulfonamides is 1. The molecule has 0 bridgehead atoms. The maximum Gasteiger partial charge on any atom is 0.242 e. The molecule has 1 aromatic carbocycles. The maximum absolute atomic E-state index is 12.2. The van der Waals surface area contributed by atoms with Gasteiger partial charge in [0, 0.05) is 23.3 Å². The molecular formula is C13H12BrClN2O3S. The van der Waals surface area contributed by atoms with Crippen LogP contribution in [0.25, 0.3) is 0 Å². The van der Waals surface area contributed by atoms with Crippen LogP contribution >= 0.6 is 27.5 Å². The summed E-state index contributed by atoms with van der Waals surface area (Å²) in [4.78, 5) is 3.99. The molecule has 5 nitrogen and oxygen atoms in total. The Kier molecular flexibility index (Phi) is 5.21. The van der Waals surface area contributed by atoms with Gasteiger partial charge in [-0.1, -0.05) is 27.5 Å². The van der Waals surface area contributed by atoms with Crippen LogP contribution in [-0.4, -0.2) is 20.5 Å². The molecule has 0 spiro atoms. The number of pyridine rings is 1. The third-order valence-corrected chi connectivity index (χ3v) is 5.04. The van der Waals surface area contributed by atoms with E-state index in [1.54, 1.807) is 24.4 Å². The molecule has 0 fully saturated rings. The minimum Gasteiger partial charge on any atom is -0.481 e. The molecule has 0 radical (unpaired) electrons. The third kappa shape index (κ3) is 4.16. The van der Waals surface area contributed by atoms with Crippen LogP contribution in [0.5, 0.6) is 5.88 Å². The largest absolute Gasteiger partial charge is 0.481 e. The van der Waals surface area contributed by atoms with Crippen LogP contribution in [0.1, 0.15) is 5.56 Å². The van der Waals surface area contributed by atoms with E-state index in [1.165, 1.54) is 19.2 Å². The fraction of sp³-hybridized carbons (Fsp3) is 0.154. The number of methoxy groups -OCH3 is 1. The number of nitrogens with zero attached hydrogens (tertiary/aromatic N) is 1. The molecule has 2 rings (SSSR count). The second-order valence-electron chi connectivity index (χ2n) is 4.11. The van der Waals surface area contributed by atoms with Crippen LogP contribution in [0, 0.1) is 0 Å². The molecule has 0 aliphatic heterocycles. The zero-order valence-electron chi connectivity index (χ0n) is 11.0. The van der Waals surface area contributed by atoms with E-state index in [2.05, 4.69) is 25.6 Å². The number of aromatic nitrogens is 1. The molecule has 0 aliphatic rings. The molecule has 0 saturated carbocycles. The normalized spacial score (nSPS) is 11.4. The topological polar surface area (TPSA) is 68.3 Å². The van der Waals surface area contributed by atoms with Crippen molar-refractivity contribution in [2.45, 2.75) is 11.4 Å². The smallest absolute Gasteiger partial charge is 0.242 e. The third-order valence-electron chi connectivity index (χ3n) is 2.66. The molecule has 1 N–H and O–H groups in total. The molecule has 2 aromatic rings. The Morgan fingerprint density at radius 2 is 2.10 bits per heavy atom. The van der Waals surface area contributed by atoms with Crippen molar-refractivity contribution in [2.24, 2.45) is 0 Å². The van der Waals surface area contributed by atoms with Gasteiger partial charge in [0.15, 0.2) is 0 Å². The Balaban J connectivity index is 2.17. The highest BCUT2D eigenvalue weighted by Gasteiger charge is 2.17. The molecule has 0 aliphatic carbocycles. The number of rotatable bonds is 5. The van der Waals surface area contributed by atoms with Gasteiger partial charge in [0.05, 0.1) is 12.1 Å². The first kappa shape index (κ1) is 16.2. The minimum absolute atomic E-state index is 0.0355. The monoisotopic (exact) mass is 390 g/mol. The SMILES string of the molecule is COc1cc(CNS(=O)(=O)c2ccc(Br)cc2Cl)ccn1. The van der Waals surface area contributed by atoms with Gasteiger partial charge < -0.3 is 4.74 Å². The number of halogens is 2. The lowest BCUT2D eigenvalue weighted by Gasteiger charge is -2.09. The second-order valence-corrected chi connectivity index (χ2v) is 7.16. The van der Waals surface area contributed by atoms with Gasteiger partial charge >= 0.3 is 0 Å². The minimum atomic E-state index is -3.69. The Bertz CT molecular complexity index is 753. The van der Waals surface area contributed by atoms with E-state index in [4.69, 9.17) is 16.3 Å². The van der Waals surface area contributed by atoms with Gasteiger partial charge in [-0.25, -0.2) is 18.1 Å². The number of hydrogen-bond donors (Lipinski definition) is 1. The van der Waals surface area contributed by atoms with E-state index >= 15 is 0 Å². The van der Waals surface area contributed by atoms with E-state index in [1.807, 2.05) is 0 Å². The summed E-state index contributed by atoms with van der Waals surface area (Å²) >= 11 is 9.20. The van der Waals surface area contributed by atoms with E-state index in [0.717, 1.165) is 5.56 Å². The second kappa shape index (κ2) is 6.74. The summed E-state index contributed by atoms with van der Waals surface area (Å²) in [6, 6.07) is 7.96. The molecule has 1 heterocycles. The average Bonchev–Trinajstić information content (AvgIpc) is 2.45. The van der Waals surface area contributed by atoms with E-state index in [-0.39, 0.29) is 16.5 Å². The quantitative estimate of drug-likeness (QED) is 0.851. The van der Waals surface area contributed by atoms with Crippen LogP contribution < -0.4 is 9.46 Å². The van der Waals surface area contributed by atoms with Gasteiger partial charge in [0.25, 0.3) is 0 Å². The van der Waals surface area contributed by atoms with Crippen LogP contribution in [0.4, 0.5) is 0 Å². The lowest BCUT2D eigenvalue weighted by atomic mass is 10.3. The fourth-order valence-electron chi connectivity index (χ4n) is 1.62. The summed E-state index contributed by atoms with van der Waals surface area (Å²) in [5.41, 5.74) is 0.735. The zero-order valence-corrected chi connectivity index (χ0v) is 14.2. The molecule has 8 heteroatoms. The van der Waals surface area contributed by atoms with E-state index in [9.17, 15) is 8.42 Å². The van der Waals surface area contributed by atoms with Gasteiger partial charge in [0.2, 0.25) is 15.9 Å². The molecule has 1 aromatic heterocycles. The van der Waals surface area contributed by atoms with Crippen LogP contribution in [0.2, 0.25) is 5.02 Å². The summed E-state index contributed by atoms with van der Waals surface area (Å²) < 4.78 is 32.7. The van der Waals surface area contributed by atoms with Crippen molar-refractivity contribution in [3.8, 4) is 5.88 Å². The van der Waals surface area contributed by atoms with Gasteiger partial charge in [0.1, 0.15) is 4.90 Å². The highest BCUT2D eigenvalue weighted by atomic mass is 79.9. The molecule has 21 heavy (non-hydrogen) atoms. The summed E-state index contributed by atoms with van der Waals surface area (Å²) in [6.45, 7) is 0.119. The van der Waals surface area contributed by atoms with Gasteiger partial charge in [-0.15, -0.1) is 0 Å². The number of benzene rings is 1. The Hall–Kier alpha value is -1.15. The number of nitrogens with one attached hydrogen (secondary N) is 1. The van der Waals surface area contributed by atoms with Crippen molar-refractivity contribution in [3.63, 3.8) is 0 Å². The summed E-state index contributed by atoms with van der Waals surface area (Å²) in [5, 5.41) is 0.157. The predicted molar refractivity (Wildman–Crippen MR) is 84.0 cm³/mol. The molecule has 0 amide bonds. The van der Waals surface area contributed by atoms with Crippen LogP contribution in [0.15, 0.2) is 45.9 Å². The Labute approximate surface area is 136 Å². The Morgan fingerprint density at radius 1 is 1.33 bits per heavy atom. The maximum atomic E-state index is 12.2. The highest BCUT2D eigenvalue weighted by molar-refractivity contribution is 9.10. The lowest BCUT2D eigenvalue weighted by molar-refractivity contribution is 0.397. The first-order chi connectivity index (χ1) is 9.92. The standard InChI is InChI=1S/C13H12BrClN2O3S/c1-20-13-6-9(4-5-16-13)8-17-21(18,19)12-3-2-10(14)7-11(12)15/h2-7,17H,8H2,1H3. The van der Waals surface area contributed by atoms with Crippen molar-refractivity contribution >= 4 is 37.6 Å². The lowest BCUT2D eigenvalue weighted by Crippen LogP contribution is -2.23. The van der Waals surface area contributed by atoms with Crippen LogP contribution in [0.3, 0.4) is 0 Å². The van der Waals surface area contributed by atoms with Crippen molar-refractivity contribution in [3.05, 3.63) is 51.6 Å². The van der Waals surface area contributed by atoms with Crippen molar-refractivity contribution in [1.82, 2.24) is 9.71 Å². The molecule has 0 atom stereocenters.